The van der Waals surface area contributed by atoms with Gasteiger partial charge in [-0.3, -0.25) is 9.59 Å². The Morgan fingerprint density at radius 1 is 1.44 bits per heavy atom. The maximum atomic E-state index is 11.9. The highest BCUT2D eigenvalue weighted by Crippen LogP contribution is 2.45. The maximum Gasteiger partial charge on any atom is 0.314 e. The van der Waals surface area contributed by atoms with Gasteiger partial charge in [-0.05, 0) is 37.8 Å². The second-order valence-electron chi connectivity index (χ2n) is 6.68. The highest BCUT2D eigenvalue weighted by Gasteiger charge is 2.51. The van der Waals surface area contributed by atoms with Crippen molar-refractivity contribution < 1.29 is 24.9 Å². The van der Waals surface area contributed by atoms with Crippen molar-refractivity contribution in [1.82, 2.24) is 4.98 Å². The number of nitrogens with zero attached hydrogens (tertiary/aromatic N) is 2. The molecule has 3 rings (SSSR count). The Balaban J connectivity index is 0.000000701. The molecule has 138 valence electrons. The van der Waals surface area contributed by atoms with Crippen LogP contribution >= 0.6 is 11.6 Å². The number of piperidine rings is 1. The highest BCUT2D eigenvalue weighted by molar-refractivity contribution is 6.31. The summed E-state index contributed by atoms with van der Waals surface area (Å²) in [5.41, 5.74) is -0.359. The topological polar surface area (TPSA) is 111 Å². The average molecular weight is 371 g/mol. The second kappa shape index (κ2) is 8.01. The zero-order valence-corrected chi connectivity index (χ0v) is 14.8. The number of pyridine rings is 1. The molecule has 1 aromatic heterocycles. The van der Waals surface area contributed by atoms with Crippen molar-refractivity contribution in [3.8, 4) is 0 Å². The van der Waals surface area contributed by atoms with E-state index < -0.39 is 17.5 Å². The van der Waals surface area contributed by atoms with E-state index in [4.69, 9.17) is 21.5 Å². The maximum absolute atomic E-state index is 11.9. The quantitative estimate of drug-likeness (QED) is 0.696. The zero-order chi connectivity index (χ0) is 18.6. The molecule has 1 aliphatic heterocycles. The van der Waals surface area contributed by atoms with Gasteiger partial charge in [0.25, 0.3) is 6.47 Å². The fraction of sp³-hybridized carbons (Fsp3) is 0.588. The number of carbonyl (C=O) groups is 2. The summed E-state index contributed by atoms with van der Waals surface area (Å²) in [7, 11) is 0. The first-order valence-corrected chi connectivity index (χ1v) is 8.59. The van der Waals surface area contributed by atoms with Crippen molar-refractivity contribution in [3.05, 3.63) is 22.8 Å². The molecule has 2 atom stereocenters. The minimum absolute atomic E-state index is 0.250. The van der Waals surface area contributed by atoms with Gasteiger partial charge in [0, 0.05) is 13.1 Å². The summed E-state index contributed by atoms with van der Waals surface area (Å²) in [6.45, 7) is 2.49. The molecule has 0 bridgehead atoms. The molecular formula is C17H23ClN2O5. The van der Waals surface area contributed by atoms with Gasteiger partial charge < -0.3 is 20.2 Å². The Hall–Kier alpha value is -1.86. The standard InChI is InChI=1S/C16H21ClN2O3.CH2O2/c1-10-12(17)4-5-14(18-10)19-7-6-13(20)16(9-19,15(21)22)8-11-2-3-11;2-1-3/h4-5,11,13,20H,2-3,6-9H2,1H3,(H,21,22);1H,(H,2,3)/t13-,16-;/m0./s1. The molecule has 0 aromatic carbocycles. The van der Waals surface area contributed by atoms with Crippen molar-refractivity contribution in [1.29, 1.82) is 0 Å². The number of aryl methyl sites for hydroxylation is 1. The van der Waals surface area contributed by atoms with Crippen LogP contribution in [0.4, 0.5) is 5.82 Å². The Morgan fingerprint density at radius 3 is 2.60 bits per heavy atom. The van der Waals surface area contributed by atoms with E-state index in [0.29, 0.717) is 36.9 Å². The minimum atomic E-state index is -1.09. The van der Waals surface area contributed by atoms with Gasteiger partial charge in [0.2, 0.25) is 0 Å². The lowest BCUT2D eigenvalue weighted by Crippen LogP contribution is -2.56. The van der Waals surface area contributed by atoms with Crippen LogP contribution in [-0.2, 0) is 9.59 Å². The van der Waals surface area contributed by atoms with Gasteiger partial charge in [0.1, 0.15) is 11.2 Å². The number of hydrogen-bond acceptors (Lipinski definition) is 5. The first-order chi connectivity index (χ1) is 11.8. The Morgan fingerprint density at radius 2 is 2.08 bits per heavy atom. The molecule has 1 saturated heterocycles. The van der Waals surface area contributed by atoms with Crippen LogP contribution in [0.3, 0.4) is 0 Å². The number of anilines is 1. The van der Waals surface area contributed by atoms with Crippen molar-refractivity contribution >= 4 is 29.9 Å². The van der Waals surface area contributed by atoms with Crippen molar-refractivity contribution in [3.63, 3.8) is 0 Å². The summed E-state index contributed by atoms with van der Waals surface area (Å²) < 4.78 is 0. The lowest BCUT2D eigenvalue weighted by Gasteiger charge is -2.44. The number of hydrogen-bond donors (Lipinski definition) is 3. The molecule has 2 fully saturated rings. The number of rotatable bonds is 4. The number of carboxylic acids is 1. The van der Waals surface area contributed by atoms with Crippen LogP contribution in [0.2, 0.25) is 5.02 Å². The van der Waals surface area contributed by atoms with Crippen LogP contribution in [0.1, 0.15) is 31.4 Å². The number of aliphatic hydroxyl groups excluding tert-OH is 1. The number of aliphatic hydroxyl groups is 1. The molecule has 0 spiro atoms. The molecular weight excluding hydrogens is 348 g/mol. The highest BCUT2D eigenvalue weighted by atomic mass is 35.5. The average Bonchev–Trinajstić information content (AvgIpc) is 3.37. The van der Waals surface area contributed by atoms with Gasteiger partial charge in [-0.1, -0.05) is 24.4 Å². The van der Waals surface area contributed by atoms with Gasteiger partial charge in [-0.25, -0.2) is 4.98 Å². The van der Waals surface area contributed by atoms with Crippen LogP contribution in [0.5, 0.6) is 0 Å². The van der Waals surface area contributed by atoms with Crippen molar-refractivity contribution in [2.45, 2.75) is 38.7 Å². The second-order valence-corrected chi connectivity index (χ2v) is 7.08. The predicted octanol–water partition coefficient (Wildman–Crippen LogP) is 2.19. The van der Waals surface area contributed by atoms with Crippen LogP contribution in [0.25, 0.3) is 0 Å². The summed E-state index contributed by atoms with van der Waals surface area (Å²) in [5, 5.41) is 27.6. The van der Waals surface area contributed by atoms with Gasteiger partial charge in [-0.15, -0.1) is 0 Å². The van der Waals surface area contributed by atoms with Crippen molar-refractivity contribution in [2.24, 2.45) is 11.3 Å². The Bertz CT molecular complexity index is 637. The molecule has 7 nitrogen and oxygen atoms in total. The van der Waals surface area contributed by atoms with E-state index in [1.165, 1.54) is 0 Å². The summed E-state index contributed by atoms with van der Waals surface area (Å²) in [4.78, 5) is 26.7. The van der Waals surface area contributed by atoms with Gasteiger partial charge in [-0.2, -0.15) is 0 Å². The molecule has 8 heteroatoms. The van der Waals surface area contributed by atoms with E-state index in [-0.39, 0.29) is 6.47 Å². The first-order valence-electron chi connectivity index (χ1n) is 8.21. The lowest BCUT2D eigenvalue weighted by molar-refractivity contribution is -0.158. The first kappa shape index (κ1) is 19.5. The van der Waals surface area contributed by atoms with Crippen LogP contribution in [0.15, 0.2) is 12.1 Å². The predicted molar refractivity (Wildman–Crippen MR) is 92.9 cm³/mol. The molecule has 3 N–H and O–H groups in total. The third-order valence-electron chi connectivity index (χ3n) is 4.89. The third kappa shape index (κ3) is 4.41. The number of halogens is 1. The summed E-state index contributed by atoms with van der Waals surface area (Å²) in [6.07, 6.45) is 2.34. The molecule has 0 radical (unpaired) electrons. The number of aliphatic carboxylic acids is 1. The molecule has 0 unspecified atom stereocenters. The SMILES string of the molecule is Cc1nc(N2CC[C@H](O)[C@@](CC3CC3)(C(=O)O)C2)ccc1Cl.O=CO. The molecule has 25 heavy (non-hydrogen) atoms. The fourth-order valence-electron chi connectivity index (χ4n) is 3.32. The monoisotopic (exact) mass is 370 g/mol. The van der Waals surface area contributed by atoms with E-state index in [9.17, 15) is 15.0 Å². The van der Waals surface area contributed by atoms with Crippen LogP contribution in [-0.4, -0.2) is 51.9 Å². The zero-order valence-electron chi connectivity index (χ0n) is 14.1. The van der Waals surface area contributed by atoms with Gasteiger partial charge in [0.15, 0.2) is 0 Å². The smallest absolute Gasteiger partial charge is 0.314 e. The number of aromatic nitrogens is 1. The van der Waals surface area contributed by atoms with E-state index >= 15 is 0 Å². The minimum Gasteiger partial charge on any atom is -0.483 e. The molecule has 1 aliphatic carbocycles. The summed E-state index contributed by atoms with van der Waals surface area (Å²) in [6, 6.07) is 3.60. The van der Waals surface area contributed by atoms with E-state index in [1.54, 1.807) is 6.07 Å². The van der Waals surface area contributed by atoms with E-state index in [1.807, 2.05) is 17.9 Å². The fourth-order valence-corrected chi connectivity index (χ4v) is 3.42. The number of carboxylic acid groups (broad SMARTS) is 2. The van der Waals surface area contributed by atoms with Gasteiger partial charge >= 0.3 is 5.97 Å². The molecule has 2 heterocycles. The van der Waals surface area contributed by atoms with Crippen LogP contribution < -0.4 is 4.90 Å². The van der Waals surface area contributed by atoms with E-state index in [0.717, 1.165) is 24.4 Å². The Labute approximate surface area is 151 Å². The van der Waals surface area contributed by atoms with Crippen LogP contribution in [0, 0.1) is 18.3 Å². The molecule has 2 aliphatic rings. The summed E-state index contributed by atoms with van der Waals surface area (Å²) in [5.74, 6) is 0.267. The van der Waals surface area contributed by atoms with E-state index in [2.05, 4.69) is 4.98 Å². The van der Waals surface area contributed by atoms with Gasteiger partial charge in [0.05, 0.1) is 16.8 Å². The lowest BCUT2D eigenvalue weighted by atomic mass is 9.73. The third-order valence-corrected chi connectivity index (χ3v) is 5.29. The summed E-state index contributed by atoms with van der Waals surface area (Å²) >= 11 is 6.01. The largest absolute Gasteiger partial charge is 0.483 e. The molecule has 1 saturated carbocycles. The molecule has 1 aromatic rings. The normalized spacial score (nSPS) is 25.7. The Kier molecular flexibility index (Phi) is 6.24. The molecule has 0 amide bonds. The van der Waals surface area contributed by atoms with Crippen molar-refractivity contribution in [2.75, 3.05) is 18.0 Å².